The molecule has 0 saturated carbocycles. The van der Waals surface area contributed by atoms with Gasteiger partial charge in [0.1, 0.15) is 19.8 Å². The summed E-state index contributed by atoms with van der Waals surface area (Å²) >= 11 is 0. The molecule has 0 radical (unpaired) electrons. The number of phosphoric ester groups is 1. The van der Waals surface area contributed by atoms with Gasteiger partial charge in [0.25, 0.3) is 7.82 Å². The van der Waals surface area contributed by atoms with E-state index in [9.17, 15) is 28.9 Å². The van der Waals surface area contributed by atoms with Gasteiger partial charge >= 0.3 is 11.9 Å². The number of rotatable bonds is 38. The molecule has 0 amide bonds. The lowest BCUT2D eigenvalue weighted by molar-refractivity contribution is -0.870. The van der Waals surface area contributed by atoms with Crippen LogP contribution in [0.25, 0.3) is 0 Å². The summed E-state index contributed by atoms with van der Waals surface area (Å²) < 4.78 is 33.9. The summed E-state index contributed by atoms with van der Waals surface area (Å²) in [6.45, 7) is 3.81. The summed E-state index contributed by atoms with van der Waals surface area (Å²) in [7, 11) is 1.02. The summed E-state index contributed by atoms with van der Waals surface area (Å²) in [4.78, 5) is 50.2. The Morgan fingerprint density at radius 2 is 1.34 bits per heavy atom. The summed E-state index contributed by atoms with van der Waals surface area (Å²) in [5.41, 5.74) is 0. The number of aliphatic hydroxyl groups is 1. The molecule has 1 unspecified atom stereocenters. The first-order chi connectivity index (χ1) is 29.8. The number of allylic oxidation sites excluding steroid dienone is 13. The van der Waals surface area contributed by atoms with Crippen molar-refractivity contribution in [3.8, 4) is 0 Å². The largest absolute Gasteiger partial charge is 0.756 e. The minimum atomic E-state index is -4.69. The number of phosphoric acid groups is 1. The molecule has 1 rings (SSSR count). The number of quaternary nitrogens is 1. The van der Waals surface area contributed by atoms with E-state index in [-0.39, 0.29) is 43.7 Å². The van der Waals surface area contributed by atoms with Gasteiger partial charge < -0.3 is 33.0 Å². The lowest BCUT2D eigenvalue weighted by Gasteiger charge is -2.28. The average molecular weight is 888 g/mol. The number of carbonyl (C=O) groups is 3. The number of aliphatic hydroxyl groups excluding tert-OH is 1. The van der Waals surface area contributed by atoms with Crippen LogP contribution in [-0.4, -0.2) is 87.0 Å². The quantitative estimate of drug-likeness (QED) is 0.0209. The SMILES string of the molecule is CCCCC/C=C\C/C=C\C/C=C\C/C=C\CCCCCC(=O)O[C@H](COC(=O)CCC/C=C\C[C@H]1C=CC(=O)[C@@H]1/C=C/[C@@H](O)CCCCC)COP(=O)([O-])OCC[N+](C)(C)C. The molecule has 352 valence electrons. The first-order valence-corrected chi connectivity index (χ1v) is 24.8. The van der Waals surface area contributed by atoms with Crippen molar-refractivity contribution in [3.63, 3.8) is 0 Å². The standard InChI is InChI=1S/C50H82NO10P/c1-6-8-10-11-12-13-14-15-16-17-18-19-20-21-22-23-24-25-31-35-50(55)61-46(43-60-62(56,57)59-41-40-51(3,4)5)42-58-49(54)34-30-27-26-29-32-44-36-39-48(53)47(44)38-37-45(52)33-28-9-7-2/h12-13,15-16,18-19,21-22,26,29,36-39,44-47,52H,6-11,14,17,20,23-25,27-28,30-35,40-43H2,1-5H3/b13-12-,16-15-,19-18-,22-21-,29-26-,38-37+/t44-,45-,46+,47+/m0/s1. The van der Waals surface area contributed by atoms with Crippen LogP contribution in [0.15, 0.2) is 85.1 Å². The smallest absolute Gasteiger partial charge is 0.306 e. The molecule has 12 heteroatoms. The second-order valence-corrected chi connectivity index (χ2v) is 18.5. The number of unbranched alkanes of at least 4 members (excludes halogenated alkanes) is 9. The molecule has 0 aromatic rings. The Morgan fingerprint density at radius 1 is 0.758 bits per heavy atom. The van der Waals surface area contributed by atoms with E-state index in [1.165, 1.54) is 25.7 Å². The Balaban J connectivity index is 2.47. The molecular weight excluding hydrogens is 806 g/mol. The van der Waals surface area contributed by atoms with E-state index in [2.05, 4.69) is 62.5 Å². The zero-order chi connectivity index (χ0) is 45.7. The summed E-state index contributed by atoms with van der Waals surface area (Å²) in [6.07, 6.45) is 43.8. The lowest BCUT2D eigenvalue weighted by atomic mass is 9.90. The van der Waals surface area contributed by atoms with Crippen molar-refractivity contribution >= 4 is 25.5 Å². The van der Waals surface area contributed by atoms with Gasteiger partial charge in [0.05, 0.1) is 33.9 Å². The van der Waals surface area contributed by atoms with Crippen molar-refractivity contribution in [2.75, 3.05) is 47.5 Å². The fraction of sp³-hybridized carbons (Fsp3) is 0.660. The molecule has 0 aromatic heterocycles. The molecule has 0 saturated heterocycles. The van der Waals surface area contributed by atoms with E-state index in [1.807, 2.05) is 45.4 Å². The highest BCUT2D eigenvalue weighted by atomic mass is 31.2. The molecule has 1 N–H and O–H groups in total. The molecule has 0 bridgehead atoms. The molecule has 5 atom stereocenters. The van der Waals surface area contributed by atoms with E-state index in [0.717, 1.165) is 57.8 Å². The first-order valence-electron chi connectivity index (χ1n) is 23.3. The molecule has 11 nitrogen and oxygen atoms in total. The van der Waals surface area contributed by atoms with Crippen molar-refractivity contribution < 1.29 is 52.0 Å². The number of nitrogens with zero attached hydrogens (tertiary/aromatic N) is 1. The van der Waals surface area contributed by atoms with Crippen LogP contribution in [0.5, 0.6) is 0 Å². The molecule has 0 heterocycles. The van der Waals surface area contributed by atoms with E-state index < -0.39 is 38.6 Å². The van der Waals surface area contributed by atoms with Gasteiger partial charge in [-0.15, -0.1) is 0 Å². The average Bonchev–Trinajstić information content (AvgIpc) is 3.57. The third kappa shape index (κ3) is 33.4. The maximum Gasteiger partial charge on any atom is 0.306 e. The molecule has 1 aliphatic rings. The Bertz CT molecular complexity index is 1470. The highest BCUT2D eigenvalue weighted by Crippen LogP contribution is 2.38. The van der Waals surface area contributed by atoms with Crippen LogP contribution in [0.3, 0.4) is 0 Å². The number of ether oxygens (including phenoxy) is 2. The maximum atomic E-state index is 12.7. The lowest BCUT2D eigenvalue weighted by Crippen LogP contribution is -2.37. The van der Waals surface area contributed by atoms with Gasteiger partial charge in [0, 0.05) is 18.8 Å². The predicted octanol–water partition coefficient (Wildman–Crippen LogP) is 10.6. The second-order valence-electron chi connectivity index (χ2n) is 17.1. The molecule has 0 aromatic carbocycles. The Kier molecular flexibility index (Phi) is 33.2. The molecule has 0 fully saturated rings. The fourth-order valence-electron chi connectivity index (χ4n) is 6.33. The number of esters is 2. The van der Waals surface area contributed by atoms with Crippen molar-refractivity contribution in [2.24, 2.45) is 11.8 Å². The van der Waals surface area contributed by atoms with Crippen LogP contribution < -0.4 is 4.89 Å². The molecule has 62 heavy (non-hydrogen) atoms. The van der Waals surface area contributed by atoms with Gasteiger partial charge in [0.2, 0.25) is 0 Å². The Hall–Kier alpha value is -3.18. The van der Waals surface area contributed by atoms with E-state index in [0.29, 0.717) is 43.1 Å². The third-order valence-electron chi connectivity index (χ3n) is 10.1. The van der Waals surface area contributed by atoms with Gasteiger partial charge in [-0.2, -0.15) is 0 Å². The van der Waals surface area contributed by atoms with Gasteiger partial charge in [0.15, 0.2) is 11.9 Å². The van der Waals surface area contributed by atoms with Gasteiger partial charge in [-0.25, -0.2) is 0 Å². The van der Waals surface area contributed by atoms with E-state index >= 15 is 0 Å². The molecule has 1 aliphatic carbocycles. The number of hydrogen-bond acceptors (Lipinski definition) is 10. The minimum absolute atomic E-state index is 0.0211. The zero-order valence-corrected chi connectivity index (χ0v) is 39.8. The van der Waals surface area contributed by atoms with Crippen LogP contribution in [-0.2, 0) is 37.5 Å². The summed E-state index contributed by atoms with van der Waals surface area (Å²) in [5.74, 6) is -1.26. The fourth-order valence-corrected chi connectivity index (χ4v) is 7.06. The van der Waals surface area contributed by atoms with Crippen molar-refractivity contribution in [1.29, 1.82) is 0 Å². The molecule has 0 aliphatic heterocycles. The van der Waals surface area contributed by atoms with E-state index in [4.69, 9.17) is 18.5 Å². The van der Waals surface area contributed by atoms with Crippen LogP contribution in [0.1, 0.15) is 142 Å². The maximum absolute atomic E-state index is 12.7. The van der Waals surface area contributed by atoms with Gasteiger partial charge in [-0.1, -0.05) is 131 Å². The normalized spacial score (nSPS) is 18.1. The molecular formula is C50H82NO10P. The first kappa shape index (κ1) is 56.8. The minimum Gasteiger partial charge on any atom is -0.756 e. The van der Waals surface area contributed by atoms with Crippen molar-refractivity contribution in [1.82, 2.24) is 0 Å². The number of ketones is 1. The van der Waals surface area contributed by atoms with Crippen LogP contribution in [0.4, 0.5) is 0 Å². The zero-order valence-electron chi connectivity index (χ0n) is 38.9. The Morgan fingerprint density at radius 3 is 1.98 bits per heavy atom. The summed E-state index contributed by atoms with van der Waals surface area (Å²) in [6, 6.07) is 0. The number of hydrogen-bond donors (Lipinski definition) is 1. The summed E-state index contributed by atoms with van der Waals surface area (Å²) in [5, 5.41) is 10.2. The Labute approximate surface area is 375 Å². The van der Waals surface area contributed by atoms with Crippen LogP contribution >= 0.6 is 7.82 Å². The monoisotopic (exact) mass is 888 g/mol. The van der Waals surface area contributed by atoms with Crippen molar-refractivity contribution in [3.05, 3.63) is 85.1 Å². The molecule has 0 spiro atoms. The number of carbonyl (C=O) groups excluding carboxylic acids is 3. The highest BCUT2D eigenvalue weighted by Gasteiger charge is 2.27. The van der Waals surface area contributed by atoms with Crippen LogP contribution in [0, 0.1) is 11.8 Å². The highest BCUT2D eigenvalue weighted by molar-refractivity contribution is 7.45. The van der Waals surface area contributed by atoms with Gasteiger partial charge in [-0.3, -0.25) is 18.9 Å². The predicted molar refractivity (Wildman–Crippen MR) is 249 cm³/mol. The van der Waals surface area contributed by atoms with Gasteiger partial charge in [-0.05, 0) is 89.0 Å². The second kappa shape index (κ2) is 36.2. The third-order valence-corrected chi connectivity index (χ3v) is 11.1. The van der Waals surface area contributed by atoms with E-state index in [1.54, 1.807) is 12.2 Å². The topological polar surface area (TPSA) is 148 Å². The number of likely N-dealkylation sites (N-methyl/N-ethyl adjacent to an activating group) is 1. The van der Waals surface area contributed by atoms with Crippen molar-refractivity contribution in [2.45, 2.75) is 154 Å². The van der Waals surface area contributed by atoms with Crippen LogP contribution in [0.2, 0.25) is 0 Å².